The molecule has 0 aliphatic rings. The van der Waals surface area contributed by atoms with Crippen LogP contribution in [-0.2, 0) is 6.18 Å². The molecule has 0 aliphatic carbocycles. The minimum absolute atomic E-state index is 0.0970. The fourth-order valence-corrected chi connectivity index (χ4v) is 2.20. The van der Waals surface area contributed by atoms with Crippen LogP contribution in [0.25, 0.3) is 11.3 Å². The molecule has 1 N–H and O–H groups in total. The first-order valence-corrected chi connectivity index (χ1v) is 7.07. The molecule has 0 fully saturated rings. The molecule has 2 aromatic rings. The lowest BCUT2D eigenvalue weighted by Gasteiger charge is -2.12. The summed E-state index contributed by atoms with van der Waals surface area (Å²) in [6, 6.07) is 2.04. The maximum atomic E-state index is 14.2. The Kier molecular flexibility index (Phi) is 4.42. The van der Waals surface area contributed by atoms with Gasteiger partial charge in [-0.2, -0.15) is 18.4 Å². The highest BCUT2D eigenvalue weighted by Gasteiger charge is 2.37. The van der Waals surface area contributed by atoms with Gasteiger partial charge in [-0.3, -0.25) is 4.79 Å². The van der Waals surface area contributed by atoms with Gasteiger partial charge in [-0.05, 0) is 18.4 Å². The normalized spacial score (nSPS) is 11.3. The smallest absolute Gasteiger partial charge is 0.300 e. The van der Waals surface area contributed by atoms with E-state index in [1.807, 2.05) is 0 Å². The Morgan fingerprint density at radius 3 is 2.48 bits per heavy atom. The number of aromatic nitrogens is 2. The molecule has 1 aromatic heterocycles. The number of rotatable bonds is 2. The minimum Gasteiger partial charge on any atom is -0.300 e. The summed E-state index contributed by atoms with van der Waals surface area (Å²) in [5, 5.41) is 8.85. The number of aromatic amines is 1. The second-order valence-corrected chi connectivity index (χ2v) is 4.99. The molecular weight excluding hydrogens is 341 g/mol. The molecule has 23 heavy (non-hydrogen) atoms. The summed E-state index contributed by atoms with van der Waals surface area (Å²) in [5.74, 6) is -3.30. The van der Waals surface area contributed by atoms with Crippen LogP contribution >= 0.6 is 11.8 Å². The molecule has 10 heteroatoms. The summed E-state index contributed by atoms with van der Waals surface area (Å²) in [6.45, 7) is 0. The van der Waals surface area contributed by atoms with Crippen molar-refractivity contribution in [3.05, 3.63) is 45.2 Å². The second-order valence-electron chi connectivity index (χ2n) is 4.19. The molecule has 1 aromatic carbocycles. The highest BCUT2D eigenvalue weighted by Crippen LogP contribution is 2.37. The average molecular weight is 347 g/mol. The van der Waals surface area contributed by atoms with E-state index in [9.17, 15) is 26.7 Å². The van der Waals surface area contributed by atoms with Gasteiger partial charge < -0.3 is 4.98 Å². The number of hydrogen-bond donors (Lipinski definition) is 1. The number of H-pyrrole nitrogens is 1. The molecule has 0 amide bonds. The van der Waals surface area contributed by atoms with Gasteiger partial charge in [0.05, 0.1) is 11.1 Å². The molecule has 0 radical (unpaired) electrons. The zero-order valence-electron chi connectivity index (χ0n) is 11.3. The van der Waals surface area contributed by atoms with E-state index >= 15 is 0 Å². The van der Waals surface area contributed by atoms with Gasteiger partial charge in [0.25, 0.3) is 5.56 Å². The van der Waals surface area contributed by atoms with Gasteiger partial charge in [-0.1, -0.05) is 11.8 Å². The van der Waals surface area contributed by atoms with Crippen LogP contribution in [0.4, 0.5) is 22.0 Å². The average Bonchev–Trinajstić information content (AvgIpc) is 2.45. The summed E-state index contributed by atoms with van der Waals surface area (Å²) >= 11 is 0.889. The number of benzene rings is 1. The number of nitriles is 1. The van der Waals surface area contributed by atoms with Gasteiger partial charge >= 0.3 is 6.18 Å². The van der Waals surface area contributed by atoms with Crippen molar-refractivity contribution in [2.24, 2.45) is 0 Å². The van der Waals surface area contributed by atoms with Gasteiger partial charge in [0.2, 0.25) is 0 Å². The van der Waals surface area contributed by atoms with Crippen molar-refractivity contribution in [3.8, 4) is 17.3 Å². The number of nitrogens with zero attached hydrogens (tertiary/aromatic N) is 2. The molecule has 1 heterocycles. The molecule has 4 nitrogen and oxygen atoms in total. The standard InChI is InChI=1S/C13H6F5N3OS/c1-23-12-20-10(5(4-19)11(22)21-12)8-7(14)3-2-6(9(8)15)13(16,17)18/h2-3H,1H3,(H,20,21,22). The van der Waals surface area contributed by atoms with Crippen molar-refractivity contribution < 1.29 is 22.0 Å². The fraction of sp³-hybridized carbons (Fsp3) is 0.154. The van der Waals surface area contributed by atoms with Crippen molar-refractivity contribution in [2.45, 2.75) is 11.3 Å². The third-order valence-electron chi connectivity index (χ3n) is 2.84. The summed E-state index contributed by atoms with van der Waals surface area (Å²) in [5.41, 5.74) is -5.44. The maximum Gasteiger partial charge on any atom is 0.419 e. The van der Waals surface area contributed by atoms with Crippen molar-refractivity contribution in [2.75, 3.05) is 6.26 Å². The first-order valence-electron chi connectivity index (χ1n) is 5.84. The number of alkyl halides is 3. The van der Waals surface area contributed by atoms with Crippen LogP contribution in [0.15, 0.2) is 22.1 Å². The Morgan fingerprint density at radius 1 is 1.30 bits per heavy atom. The monoisotopic (exact) mass is 347 g/mol. The van der Waals surface area contributed by atoms with Crippen LogP contribution in [0.1, 0.15) is 11.1 Å². The predicted octanol–water partition coefficient (Wildman–Crippen LogP) is 3.33. The third kappa shape index (κ3) is 3.05. The lowest BCUT2D eigenvalue weighted by atomic mass is 10.0. The van der Waals surface area contributed by atoms with Crippen molar-refractivity contribution in [1.82, 2.24) is 9.97 Å². The lowest BCUT2D eigenvalue weighted by Crippen LogP contribution is -2.17. The molecule has 0 aliphatic heterocycles. The summed E-state index contributed by atoms with van der Waals surface area (Å²) in [7, 11) is 0. The van der Waals surface area contributed by atoms with E-state index in [2.05, 4.69) is 9.97 Å². The van der Waals surface area contributed by atoms with E-state index in [0.29, 0.717) is 6.07 Å². The van der Waals surface area contributed by atoms with Gasteiger partial charge in [-0.15, -0.1) is 0 Å². The van der Waals surface area contributed by atoms with Crippen LogP contribution in [0, 0.1) is 23.0 Å². The van der Waals surface area contributed by atoms with Gasteiger partial charge in [-0.25, -0.2) is 13.8 Å². The Hall–Kier alpha value is -2.41. The van der Waals surface area contributed by atoms with E-state index in [0.717, 1.165) is 11.8 Å². The Balaban J connectivity index is 2.90. The van der Waals surface area contributed by atoms with E-state index in [4.69, 9.17) is 5.26 Å². The Labute approximate surface area is 130 Å². The highest BCUT2D eigenvalue weighted by molar-refractivity contribution is 7.98. The van der Waals surface area contributed by atoms with Crippen LogP contribution in [0.2, 0.25) is 0 Å². The van der Waals surface area contributed by atoms with Crippen molar-refractivity contribution in [1.29, 1.82) is 5.26 Å². The first kappa shape index (κ1) is 17.0. The van der Waals surface area contributed by atoms with Gasteiger partial charge in [0.1, 0.15) is 29.0 Å². The van der Waals surface area contributed by atoms with Crippen LogP contribution in [-0.4, -0.2) is 16.2 Å². The minimum atomic E-state index is -5.07. The van der Waals surface area contributed by atoms with Crippen molar-refractivity contribution in [3.63, 3.8) is 0 Å². The van der Waals surface area contributed by atoms with E-state index in [1.54, 1.807) is 0 Å². The van der Waals surface area contributed by atoms with Crippen LogP contribution in [0.5, 0.6) is 0 Å². The first-order chi connectivity index (χ1) is 10.7. The van der Waals surface area contributed by atoms with Gasteiger partial charge in [0, 0.05) is 0 Å². The third-order valence-corrected chi connectivity index (χ3v) is 3.42. The second kappa shape index (κ2) is 6.00. The number of hydrogen-bond acceptors (Lipinski definition) is 4. The molecule has 2 rings (SSSR count). The summed E-state index contributed by atoms with van der Waals surface area (Å²) in [6.07, 6.45) is -3.59. The zero-order chi connectivity index (χ0) is 17.4. The molecule has 120 valence electrons. The number of thioether (sulfide) groups is 1. The fourth-order valence-electron chi connectivity index (χ4n) is 1.82. The SMILES string of the molecule is CSc1nc(-c2c(F)ccc(C(F)(F)F)c2F)c(C#N)c(=O)[nH]1. The summed E-state index contributed by atoms with van der Waals surface area (Å²) in [4.78, 5) is 17.6. The molecule has 0 saturated heterocycles. The Bertz CT molecular complexity index is 870. The molecule has 0 atom stereocenters. The van der Waals surface area contributed by atoms with E-state index in [-0.39, 0.29) is 11.2 Å². The van der Waals surface area contributed by atoms with Crippen LogP contribution in [0.3, 0.4) is 0 Å². The predicted molar refractivity (Wildman–Crippen MR) is 71.7 cm³/mol. The highest BCUT2D eigenvalue weighted by atomic mass is 32.2. The zero-order valence-corrected chi connectivity index (χ0v) is 12.1. The maximum absolute atomic E-state index is 14.2. The Morgan fingerprint density at radius 2 is 1.96 bits per heavy atom. The van der Waals surface area contributed by atoms with E-state index < -0.39 is 45.8 Å². The van der Waals surface area contributed by atoms with Crippen molar-refractivity contribution >= 4 is 11.8 Å². The number of nitrogens with one attached hydrogen (secondary N) is 1. The van der Waals surface area contributed by atoms with Crippen LogP contribution < -0.4 is 5.56 Å². The lowest BCUT2D eigenvalue weighted by molar-refractivity contribution is -0.139. The molecule has 0 unspecified atom stereocenters. The van der Waals surface area contributed by atoms with E-state index in [1.165, 1.54) is 12.3 Å². The summed E-state index contributed by atoms with van der Waals surface area (Å²) < 4.78 is 66.4. The molecule has 0 bridgehead atoms. The quantitative estimate of drug-likeness (QED) is 0.514. The number of halogens is 5. The largest absolute Gasteiger partial charge is 0.419 e. The molecule has 0 saturated carbocycles. The molecular formula is C13H6F5N3OS. The van der Waals surface area contributed by atoms with Gasteiger partial charge in [0.15, 0.2) is 5.16 Å². The topological polar surface area (TPSA) is 69.5 Å². The molecule has 0 spiro atoms.